The van der Waals surface area contributed by atoms with Crippen molar-refractivity contribution in [3.8, 4) is 0 Å². The van der Waals surface area contributed by atoms with E-state index in [0.717, 1.165) is 0 Å². The van der Waals surface area contributed by atoms with Crippen LogP contribution in [-0.2, 0) is 4.79 Å². The highest BCUT2D eigenvalue weighted by Gasteiger charge is 1.99. The topological polar surface area (TPSA) is 32.3 Å². The Morgan fingerprint density at radius 3 is 2.75 bits per heavy atom. The molecule has 0 fully saturated rings. The number of hydrogen-bond acceptors (Lipinski definition) is 2. The van der Waals surface area contributed by atoms with Crippen LogP contribution in [0.15, 0.2) is 24.3 Å². The summed E-state index contributed by atoms with van der Waals surface area (Å²) in [5.41, 5.74) is 3.21. The van der Waals surface area contributed by atoms with E-state index in [-0.39, 0.29) is 10.9 Å². The number of carbonyl (C=O) groups excluding carboxylic acids is 1. The van der Waals surface area contributed by atoms with Crippen LogP contribution >= 0.6 is 11.6 Å². The molecule has 0 bridgehead atoms. The van der Waals surface area contributed by atoms with Gasteiger partial charge in [0.2, 0.25) is 0 Å². The summed E-state index contributed by atoms with van der Waals surface area (Å²) in [6.07, 6.45) is 2.91. The molecule has 5 heteroatoms. The monoisotopic (exact) mass is 242 g/mol. The van der Waals surface area contributed by atoms with E-state index in [4.69, 9.17) is 11.6 Å². The van der Waals surface area contributed by atoms with Crippen LogP contribution in [0, 0.1) is 5.82 Å². The Kier molecular flexibility index (Phi) is 4.46. The molecule has 0 heterocycles. The van der Waals surface area contributed by atoms with Crippen molar-refractivity contribution in [3.63, 3.8) is 0 Å². The maximum atomic E-state index is 12.8. The lowest BCUT2D eigenvalue weighted by molar-refractivity contribution is -0.119. The third-order valence-corrected chi connectivity index (χ3v) is 1.99. The molecule has 0 saturated carbocycles. The van der Waals surface area contributed by atoms with Gasteiger partial charge in [0.05, 0.1) is 5.02 Å². The Morgan fingerprint density at radius 1 is 1.50 bits per heavy atom. The number of nitrogens with one attached hydrogen (secondary N) is 1. The van der Waals surface area contributed by atoms with Crippen LogP contribution in [0.5, 0.6) is 0 Å². The molecule has 0 aliphatic heterocycles. The number of hydrazine groups is 1. The summed E-state index contributed by atoms with van der Waals surface area (Å²) in [7, 11) is 3.42. The van der Waals surface area contributed by atoms with E-state index in [1.807, 2.05) is 0 Å². The molecule has 0 atom stereocenters. The third kappa shape index (κ3) is 4.00. The van der Waals surface area contributed by atoms with Crippen molar-refractivity contribution in [1.82, 2.24) is 10.4 Å². The average Bonchev–Trinajstić information content (AvgIpc) is 2.19. The third-order valence-electron chi connectivity index (χ3n) is 1.70. The molecule has 0 saturated heterocycles. The van der Waals surface area contributed by atoms with E-state index in [0.29, 0.717) is 5.56 Å². The lowest BCUT2D eigenvalue weighted by Crippen LogP contribution is -2.34. The second kappa shape index (κ2) is 5.63. The van der Waals surface area contributed by atoms with Crippen LogP contribution in [0.4, 0.5) is 4.39 Å². The predicted molar refractivity (Wildman–Crippen MR) is 62.3 cm³/mol. The van der Waals surface area contributed by atoms with Gasteiger partial charge in [0.25, 0.3) is 5.91 Å². The van der Waals surface area contributed by atoms with E-state index in [2.05, 4.69) is 5.43 Å². The molecule has 86 valence electrons. The highest BCUT2D eigenvalue weighted by Crippen LogP contribution is 2.16. The van der Waals surface area contributed by atoms with Crippen LogP contribution in [0.25, 0.3) is 6.08 Å². The molecule has 1 aromatic rings. The first-order valence-electron chi connectivity index (χ1n) is 4.60. The van der Waals surface area contributed by atoms with E-state index in [1.165, 1.54) is 23.2 Å². The average molecular weight is 243 g/mol. The summed E-state index contributed by atoms with van der Waals surface area (Å²) in [6.45, 7) is 0. The summed E-state index contributed by atoms with van der Waals surface area (Å²) in [4.78, 5) is 11.2. The molecule has 0 unspecified atom stereocenters. The number of carbonyl (C=O) groups is 1. The number of halogens is 2. The van der Waals surface area contributed by atoms with Crippen molar-refractivity contribution in [2.75, 3.05) is 14.1 Å². The minimum atomic E-state index is -0.475. The maximum absolute atomic E-state index is 12.8. The van der Waals surface area contributed by atoms with Crippen LogP contribution in [0.2, 0.25) is 5.02 Å². The summed E-state index contributed by atoms with van der Waals surface area (Å²) in [5.74, 6) is -0.734. The lowest BCUT2D eigenvalue weighted by Gasteiger charge is -2.08. The number of hydrogen-bond donors (Lipinski definition) is 1. The minimum absolute atomic E-state index is 0.0372. The molecule has 1 rings (SSSR count). The highest BCUT2D eigenvalue weighted by molar-refractivity contribution is 6.30. The fourth-order valence-electron chi connectivity index (χ4n) is 1.05. The van der Waals surface area contributed by atoms with Gasteiger partial charge in [-0.1, -0.05) is 17.7 Å². The van der Waals surface area contributed by atoms with Gasteiger partial charge in [0.15, 0.2) is 0 Å². The van der Waals surface area contributed by atoms with Crippen molar-refractivity contribution in [3.05, 3.63) is 40.7 Å². The van der Waals surface area contributed by atoms with Crippen LogP contribution < -0.4 is 5.43 Å². The van der Waals surface area contributed by atoms with Crippen molar-refractivity contribution >= 4 is 23.6 Å². The normalized spacial score (nSPS) is 11.1. The Balaban J connectivity index is 2.69. The molecule has 0 radical (unpaired) electrons. The standard InChI is InChI=1S/C11H12ClFN2O/c1-15(2)14-11(16)6-4-8-3-5-10(13)9(12)7-8/h3-7H,1-2H3,(H,14,16)/b6-4+. The molecular formula is C11H12ClFN2O. The van der Waals surface area contributed by atoms with Gasteiger partial charge >= 0.3 is 0 Å². The molecule has 0 aromatic heterocycles. The van der Waals surface area contributed by atoms with Gasteiger partial charge in [-0.3, -0.25) is 10.2 Å². The van der Waals surface area contributed by atoms with E-state index in [9.17, 15) is 9.18 Å². The minimum Gasteiger partial charge on any atom is -0.286 e. The fraction of sp³-hybridized carbons (Fsp3) is 0.182. The van der Waals surface area contributed by atoms with Crippen molar-refractivity contribution < 1.29 is 9.18 Å². The molecule has 3 nitrogen and oxygen atoms in total. The van der Waals surface area contributed by atoms with Crippen molar-refractivity contribution in [2.45, 2.75) is 0 Å². The Bertz CT molecular complexity index is 418. The van der Waals surface area contributed by atoms with Crippen molar-refractivity contribution in [1.29, 1.82) is 0 Å². The van der Waals surface area contributed by atoms with Gasteiger partial charge in [0, 0.05) is 20.2 Å². The first-order valence-corrected chi connectivity index (χ1v) is 4.98. The second-order valence-corrected chi connectivity index (χ2v) is 3.78. The molecule has 0 aliphatic rings. The van der Waals surface area contributed by atoms with Crippen LogP contribution in [0.1, 0.15) is 5.56 Å². The van der Waals surface area contributed by atoms with E-state index in [1.54, 1.807) is 26.2 Å². The van der Waals surface area contributed by atoms with Gasteiger partial charge in [-0.25, -0.2) is 9.40 Å². The highest BCUT2D eigenvalue weighted by atomic mass is 35.5. The van der Waals surface area contributed by atoms with E-state index < -0.39 is 5.82 Å². The Hall–Kier alpha value is -1.39. The zero-order valence-electron chi connectivity index (χ0n) is 9.00. The largest absolute Gasteiger partial charge is 0.286 e. The molecular weight excluding hydrogens is 231 g/mol. The number of amides is 1. The molecule has 1 aromatic carbocycles. The zero-order chi connectivity index (χ0) is 12.1. The second-order valence-electron chi connectivity index (χ2n) is 3.38. The van der Waals surface area contributed by atoms with Gasteiger partial charge in [0.1, 0.15) is 5.82 Å². The van der Waals surface area contributed by atoms with Gasteiger partial charge in [-0.15, -0.1) is 0 Å². The fourth-order valence-corrected chi connectivity index (χ4v) is 1.23. The van der Waals surface area contributed by atoms with Crippen LogP contribution in [0.3, 0.4) is 0 Å². The Morgan fingerprint density at radius 2 is 2.19 bits per heavy atom. The summed E-state index contributed by atoms with van der Waals surface area (Å²) < 4.78 is 12.8. The van der Waals surface area contributed by atoms with Gasteiger partial charge < -0.3 is 0 Å². The summed E-state index contributed by atoms with van der Waals surface area (Å²) >= 11 is 5.60. The SMILES string of the molecule is CN(C)NC(=O)/C=C/c1ccc(F)c(Cl)c1. The first kappa shape index (κ1) is 12.7. The lowest BCUT2D eigenvalue weighted by atomic mass is 10.2. The summed E-state index contributed by atoms with van der Waals surface area (Å²) in [6, 6.07) is 4.25. The van der Waals surface area contributed by atoms with Crippen LogP contribution in [-0.4, -0.2) is 25.0 Å². The molecule has 0 spiro atoms. The Labute approximate surface area is 98.5 Å². The summed E-state index contributed by atoms with van der Waals surface area (Å²) in [5, 5.41) is 1.57. The maximum Gasteiger partial charge on any atom is 0.258 e. The predicted octanol–water partition coefficient (Wildman–Crippen LogP) is 2.09. The zero-order valence-corrected chi connectivity index (χ0v) is 9.75. The quantitative estimate of drug-likeness (QED) is 0.650. The molecule has 1 amide bonds. The van der Waals surface area contributed by atoms with Crippen molar-refractivity contribution in [2.24, 2.45) is 0 Å². The number of benzene rings is 1. The van der Waals surface area contributed by atoms with Gasteiger partial charge in [-0.2, -0.15) is 0 Å². The molecule has 1 N–H and O–H groups in total. The molecule has 16 heavy (non-hydrogen) atoms. The van der Waals surface area contributed by atoms with Gasteiger partial charge in [-0.05, 0) is 23.8 Å². The first-order chi connectivity index (χ1) is 7.49. The number of nitrogens with zero attached hydrogens (tertiary/aromatic N) is 1. The van der Waals surface area contributed by atoms with E-state index >= 15 is 0 Å². The smallest absolute Gasteiger partial charge is 0.258 e. The number of rotatable bonds is 3. The molecule has 0 aliphatic carbocycles.